The van der Waals surface area contributed by atoms with Crippen LogP contribution in [0, 0.1) is 0 Å². The lowest BCUT2D eigenvalue weighted by atomic mass is 10.2. The quantitative estimate of drug-likeness (QED) is 0.756. The van der Waals surface area contributed by atoms with E-state index in [1.54, 1.807) is 26.4 Å². The van der Waals surface area contributed by atoms with Gasteiger partial charge in [0, 0.05) is 25.4 Å². The Hall–Kier alpha value is -1.46. The summed E-state index contributed by atoms with van der Waals surface area (Å²) in [4.78, 5) is 2.36. The van der Waals surface area contributed by atoms with Crippen LogP contribution in [-0.2, 0) is 4.74 Å². The molecule has 0 radical (unpaired) electrons. The summed E-state index contributed by atoms with van der Waals surface area (Å²) in [5.74, 6) is 1.35. The normalized spacial score (nSPS) is 16.7. The Kier molecular flexibility index (Phi) is 4.87. The minimum atomic E-state index is 0.0615. The molecule has 5 nitrogen and oxygen atoms in total. The van der Waals surface area contributed by atoms with Gasteiger partial charge < -0.3 is 24.8 Å². The van der Waals surface area contributed by atoms with Gasteiger partial charge in [-0.15, -0.1) is 0 Å². The zero-order valence-electron chi connectivity index (χ0n) is 11.6. The molecule has 0 aliphatic carbocycles. The van der Waals surface area contributed by atoms with Crippen molar-refractivity contribution >= 4 is 5.69 Å². The molecule has 0 unspecified atom stereocenters. The van der Waals surface area contributed by atoms with Gasteiger partial charge in [0.15, 0.2) is 11.5 Å². The molecule has 1 saturated heterocycles. The number of hydrogen-bond acceptors (Lipinski definition) is 5. The van der Waals surface area contributed by atoms with Gasteiger partial charge in [-0.3, -0.25) is 0 Å². The lowest BCUT2D eigenvalue weighted by Gasteiger charge is -2.33. The van der Waals surface area contributed by atoms with Crippen LogP contribution in [0.4, 0.5) is 5.69 Å². The van der Waals surface area contributed by atoms with E-state index in [0.29, 0.717) is 23.8 Å². The average molecular weight is 266 g/mol. The number of hydrogen-bond donors (Lipinski definition) is 1. The van der Waals surface area contributed by atoms with Gasteiger partial charge in [-0.05, 0) is 31.6 Å². The number of anilines is 1. The van der Waals surface area contributed by atoms with Crippen molar-refractivity contribution in [3.8, 4) is 11.5 Å². The van der Waals surface area contributed by atoms with Gasteiger partial charge in [0.1, 0.15) is 12.7 Å². The van der Waals surface area contributed by atoms with Crippen LogP contribution in [0.25, 0.3) is 0 Å². The molecule has 2 N–H and O–H groups in total. The molecule has 0 amide bonds. The van der Waals surface area contributed by atoms with Crippen molar-refractivity contribution < 1.29 is 14.2 Å². The molecule has 1 aliphatic heterocycles. The maximum absolute atomic E-state index is 5.77. The molecule has 1 aromatic carbocycles. The number of rotatable bonds is 7. The fraction of sp³-hybridized carbons (Fsp3) is 0.571. The molecule has 19 heavy (non-hydrogen) atoms. The summed E-state index contributed by atoms with van der Waals surface area (Å²) in [5, 5.41) is 0. The van der Waals surface area contributed by atoms with E-state index in [9.17, 15) is 0 Å². The Balaban J connectivity index is 1.90. The molecular formula is C14H22N2O3. The van der Waals surface area contributed by atoms with Crippen LogP contribution in [0.3, 0.4) is 0 Å². The van der Waals surface area contributed by atoms with E-state index in [1.807, 2.05) is 6.07 Å². The minimum absolute atomic E-state index is 0.0615. The number of methoxy groups -OCH3 is 2. The zero-order valence-corrected chi connectivity index (χ0v) is 11.6. The highest BCUT2D eigenvalue weighted by atomic mass is 16.5. The summed E-state index contributed by atoms with van der Waals surface area (Å²) in [6, 6.07) is 5.37. The second-order valence-corrected chi connectivity index (χ2v) is 4.73. The first-order chi connectivity index (χ1) is 9.22. The second-order valence-electron chi connectivity index (χ2n) is 4.73. The Morgan fingerprint density at radius 1 is 1.26 bits per heavy atom. The number of ether oxygens (including phenoxy) is 3. The molecule has 1 aromatic rings. The lowest BCUT2D eigenvalue weighted by molar-refractivity contribution is 0.0138. The highest BCUT2D eigenvalue weighted by molar-refractivity contribution is 5.51. The van der Waals surface area contributed by atoms with Crippen molar-refractivity contribution in [3.05, 3.63) is 18.2 Å². The van der Waals surface area contributed by atoms with E-state index >= 15 is 0 Å². The van der Waals surface area contributed by atoms with Gasteiger partial charge in [0.05, 0.1) is 7.11 Å². The van der Waals surface area contributed by atoms with E-state index in [4.69, 9.17) is 19.9 Å². The van der Waals surface area contributed by atoms with Gasteiger partial charge in [-0.2, -0.15) is 0 Å². The van der Waals surface area contributed by atoms with Crippen molar-refractivity contribution in [2.24, 2.45) is 0 Å². The number of nitrogen functional groups attached to an aromatic ring is 1. The molecule has 2 rings (SSSR count). The molecule has 1 fully saturated rings. The summed E-state index contributed by atoms with van der Waals surface area (Å²) in [6.45, 7) is 3.71. The number of nitrogens with two attached hydrogens (primary N) is 1. The Morgan fingerprint density at radius 3 is 2.63 bits per heavy atom. The minimum Gasteiger partial charge on any atom is -0.493 e. The standard InChI is InChI=1S/C14H22N2O3/c1-17-12(9-16-6-3-7-16)10-19-14-8-11(15)4-5-13(14)18-2/h4-5,8,12H,3,6-7,9-10,15H2,1-2H3/t12-/m1/s1. The van der Waals surface area contributed by atoms with E-state index in [-0.39, 0.29) is 6.10 Å². The molecule has 1 heterocycles. The molecule has 106 valence electrons. The van der Waals surface area contributed by atoms with Crippen LogP contribution in [0.15, 0.2) is 18.2 Å². The largest absolute Gasteiger partial charge is 0.493 e. The van der Waals surface area contributed by atoms with Gasteiger partial charge in [0.25, 0.3) is 0 Å². The molecule has 0 bridgehead atoms. The van der Waals surface area contributed by atoms with Crippen molar-refractivity contribution in [2.45, 2.75) is 12.5 Å². The Morgan fingerprint density at radius 2 is 2.05 bits per heavy atom. The summed E-state index contributed by atoms with van der Waals surface area (Å²) in [5.41, 5.74) is 6.42. The van der Waals surface area contributed by atoms with Crippen molar-refractivity contribution in [1.82, 2.24) is 4.90 Å². The van der Waals surface area contributed by atoms with Gasteiger partial charge in [-0.25, -0.2) is 0 Å². The molecule has 1 atom stereocenters. The first-order valence-corrected chi connectivity index (χ1v) is 6.54. The molecule has 0 saturated carbocycles. The van der Waals surface area contributed by atoms with Crippen molar-refractivity contribution in [1.29, 1.82) is 0 Å². The SMILES string of the molecule is COc1ccc(N)cc1OC[C@@H](CN1CCC1)OC. The van der Waals surface area contributed by atoms with Crippen LogP contribution < -0.4 is 15.2 Å². The van der Waals surface area contributed by atoms with E-state index in [0.717, 1.165) is 19.6 Å². The second kappa shape index (κ2) is 6.63. The van der Waals surface area contributed by atoms with Crippen LogP contribution in [-0.4, -0.2) is 51.5 Å². The third kappa shape index (κ3) is 3.75. The molecule has 1 aliphatic rings. The fourth-order valence-corrected chi connectivity index (χ4v) is 2.04. The monoisotopic (exact) mass is 266 g/mol. The van der Waals surface area contributed by atoms with Crippen LogP contribution in [0.1, 0.15) is 6.42 Å². The summed E-state index contributed by atoms with van der Waals surface area (Å²) >= 11 is 0. The number of likely N-dealkylation sites (tertiary alicyclic amines) is 1. The first kappa shape index (κ1) is 14.0. The van der Waals surface area contributed by atoms with Gasteiger partial charge in [0.2, 0.25) is 0 Å². The van der Waals surface area contributed by atoms with E-state index < -0.39 is 0 Å². The average Bonchev–Trinajstić information content (AvgIpc) is 2.37. The zero-order chi connectivity index (χ0) is 13.7. The van der Waals surface area contributed by atoms with Gasteiger partial charge >= 0.3 is 0 Å². The van der Waals surface area contributed by atoms with E-state index in [1.165, 1.54) is 6.42 Å². The van der Waals surface area contributed by atoms with Gasteiger partial charge in [-0.1, -0.05) is 0 Å². The highest BCUT2D eigenvalue weighted by Gasteiger charge is 2.19. The topological polar surface area (TPSA) is 57.0 Å². The number of benzene rings is 1. The maximum Gasteiger partial charge on any atom is 0.163 e. The van der Waals surface area contributed by atoms with Crippen LogP contribution in [0.2, 0.25) is 0 Å². The van der Waals surface area contributed by atoms with E-state index in [2.05, 4.69) is 4.90 Å². The van der Waals surface area contributed by atoms with Crippen molar-refractivity contribution in [2.75, 3.05) is 46.2 Å². The summed E-state index contributed by atoms with van der Waals surface area (Å²) in [7, 11) is 3.33. The Labute approximate surface area is 114 Å². The third-order valence-electron chi connectivity index (χ3n) is 3.36. The van der Waals surface area contributed by atoms with Crippen LogP contribution >= 0.6 is 0 Å². The fourth-order valence-electron chi connectivity index (χ4n) is 2.04. The Bertz CT molecular complexity index is 408. The predicted octanol–water partition coefficient (Wildman–Crippen LogP) is 1.38. The highest BCUT2D eigenvalue weighted by Crippen LogP contribution is 2.29. The summed E-state index contributed by atoms with van der Waals surface area (Å²) < 4.78 is 16.5. The van der Waals surface area contributed by atoms with Crippen LogP contribution in [0.5, 0.6) is 11.5 Å². The maximum atomic E-state index is 5.77. The number of nitrogens with zero attached hydrogens (tertiary/aromatic N) is 1. The third-order valence-corrected chi connectivity index (χ3v) is 3.36. The summed E-state index contributed by atoms with van der Waals surface area (Å²) in [6.07, 6.45) is 1.34. The molecular weight excluding hydrogens is 244 g/mol. The molecule has 0 spiro atoms. The first-order valence-electron chi connectivity index (χ1n) is 6.54. The smallest absolute Gasteiger partial charge is 0.163 e. The lowest BCUT2D eigenvalue weighted by Crippen LogP contribution is -2.44. The molecule has 5 heteroatoms. The molecule has 0 aromatic heterocycles. The van der Waals surface area contributed by atoms with Crippen molar-refractivity contribution in [3.63, 3.8) is 0 Å². The predicted molar refractivity (Wildman–Crippen MR) is 74.8 cm³/mol.